The van der Waals surface area contributed by atoms with E-state index in [2.05, 4.69) is 9.88 Å². The molecule has 1 amide bonds. The monoisotopic (exact) mass is 475 g/mol. The molecule has 3 aromatic carbocycles. The van der Waals surface area contributed by atoms with E-state index in [0.29, 0.717) is 36.0 Å². The van der Waals surface area contributed by atoms with Crippen molar-refractivity contribution < 1.29 is 23.7 Å². The van der Waals surface area contributed by atoms with E-state index in [9.17, 15) is 4.79 Å². The number of imidazole rings is 1. The number of hydrogen-bond acceptors (Lipinski definition) is 6. The molecular formula is C27H29N3O5. The number of aromatic nitrogens is 2. The van der Waals surface area contributed by atoms with Crippen LogP contribution in [0.2, 0.25) is 0 Å². The highest BCUT2D eigenvalue weighted by Gasteiger charge is 2.18. The standard InChI is InChI=1S/C27H29N3O5/c1-18-9-11-20(12-10-18)35-14-13-30-22-8-6-5-7-21(22)29-25(30)17-28-27(31)19-15-23(32-2)26(34-4)24(16-19)33-3/h5-12,15-16H,13-14,17H2,1-4H3,(H,28,31). The molecule has 1 heterocycles. The molecule has 0 atom stereocenters. The summed E-state index contributed by atoms with van der Waals surface area (Å²) in [4.78, 5) is 17.7. The molecule has 1 N–H and O–H groups in total. The van der Waals surface area contributed by atoms with Gasteiger partial charge >= 0.3 is 0 Å². The van der Waals surface area contributed by atoms with Crippen LogP contribution in [-0.2, 0) is 13.1 Å². The van der Waals surface area contributed by atoms with Gasteiger partial charge in [-0.05, 0) is 43.3 Å². The van der Waals surface area contributed by atoms with E-state index in [-0.39, 0.29) is 12.5 Å². The van der Waals surface area contributed by atoms with Gasteiger partial charge in [0.2, 0.25) is 5.75 Å². The normalized spacial score (nSPS) is 10.7. The van der Waals surface area contributed by atoms with Crippen LogP contribution in [-0.4, -0.2) is 43.4 Å². The Hall–Kier alpha value is -4.20. The molecular weight excluding hydrogens is 446 g/mol. The van der Waals surface area contributed by atoms with E-state index < -0.39 is 0 Å². The number of para-hydroxylation sites is 2. The number of hydrogen-bond donors (Lipinski definition) is 1. The molecule has 0 unspecified atom stereocenters. The Balaban J connectivity index is 1.51. The number of nitrogens with zero attached hydrogens (tertiary/aromatic N) is 2. The van der Waals surface area contributed by atoms with Crippen molar-refractivity contribution in [3.63, 3.8) is 0 Å². The molecule has 0 fully saturated rings. The van der Waals surface area contributed by atoms with Crippen molar-refractivity contribution in [1.29, 1.82) is 0 Å². The number of benzene rings is 3. The SMILES string of the molecule is COc1cc(C(=O)NCc2nc3ccccc3n2CCOc2ccc(C)cc2)cc(OC)c1OC. The summed E-state index contributed by atoms with van der Waals surface area (Å²) in [5, 5.41) is 2.96. The molecule has 0 aliphatic rings. The fourth-order valence-electron chi connectivity index (χ4n) is 3.87. The topological polar surface area (TPSA) is 83.8 Å². The van der Waals surface area contributed by atoms with Gasteiger partial charge in [-0.15, -0.1) is 0 Å². The second-order valence-electron chi connectivity index (χ2n) is 7.93. The van der Waals surface area contributed by atoms with Gasteiger partial charge in [0.25, 0.3) is 5.91 Å². The van der Waals surface area contributed by atoms with Crippen molar-refractivity contribution in [2.24, 2.45) is 0 Å². The molecule has 0 aliphatic heterocycles. The molecule has 8 heteroatoms. The van der Waals surface area contributed by atoms with Crippen LogP contribution < -0.4 is 24.3 Å². The Morgan fingerprint density at radius 1 is 0.943 bits per heavy atom. The Labute approximate surface area is 204 Å². The summed E-state index contributed by atoms with van der Waals surface area (Å²) >= 11 is 0. The molecule has 0 saturated carbocycles. The number of methoxy groups -OCH3 is 3. The largest absolute Gasteiger partial charge is 0.493 e. The highest BCUT2D eigenvalue weighted by atomic mass is 16.5. The average molecular weight is 476 g/mol. The Kier molecular flexibility index (Phi) is 7.40. The predicted molar refractivity (Wildman–Crippen MR) is 134 cm³/mol. The number of ether oxygens (including phenoxy) is 4. The van der Waals surface area contributed by atoms with Gasteiger partial charge in [-0.2, -0.15) is 0 Å². The maximum absolute atomic E-state index is 13.0. The third kappa shape index (κ3) is 5.32. The number of carbonyl (C=O) groups is 1. The van der Waals surface area contributed by atoms with Crippen LogP contribution in [0.4, 0.5) is 0 Å². The van der Waals surface area contributed by atoms with E-state index in [1.165, 1.54) is 26.9 Å². The number of nitrogens with one attached hydrogen (secondary N) is 1. The number of amides is 1. The smallest absolute Gasteiger partial charge is 0.251 e. The zero-order valence-electron chi connectivity index (χ0n) is 20.3. The predicted octanol–water partition coefficient (Wildman–Crippen LogP) is 4.38. The Morgan fingerprint density at radius 2 is 1.63 bits per heavy atom. The van der Waals surface area contributed by atoms with Crippen LogP contribution >= 0.6 is 0 Å². The van der Waals surface area contributed by atoms with Crippen molar-refractivity contribution >= 4 is 16.9 Å². The lowest BCUT2D eigenvalue weighted by atomic mass is 10.1. The zero-order chi connectivity index (χ0) is 24.8. The maximum Gasteiger partial charge on any atom is 0.251 e. The first-order valence-corrected chi connectivity index (χ1v) is 11.3. The molecule has 1 aromatic heterocycles. The quantitative estimate of drug-likeness (QED) is 0.367. The third-order valence-electron chi connectivity index (χ3n) is 5.67. The van der Waals surface area contributed by atoms with E-state index in [0.717, 1.165) is 22.6 Å². The van der Waals surface area contributed by atoms with Gasteiger partial charge in [0, 0.05) is 5.56 Å². The molecule has 0 radical (unpaired) electrons. The van der Waals surface area contributed by atoms with Crippen molar-refractivity contribution in [3.8, 4) is 23.0 Å². The van der Waals surface area contributed by atoms with Crippen molar-refractivity contribution in [2.45, 2.75) is 20.0 Å². The number of fused-ring (bicyclic) bond motifs is 1. The molecule has 0 spiro atoms. The van der Waals surface area contributed by atoms with Gasteiger partial charge in [-0.1, -0.05) is 29.8 Å². The van der Waals surface area contributed by atoms with Gasteiger partial charge < -0.3 is 28.8 Å². The second kappa shape index (κ2) is 10.8. The van der Waals surface area contributed by atoms with Crippen molar-refractivity contribution in [1.82, 2.24) is 14.9 Å². The fourth-order valence-corrected chi connectivity index (χ4v) is 3.87. The summed E-state index contributed by atoms with van der Waals surface area (Å²) in [5.41, 5.74) is 3.42. The minimum absolute atomic E-state index is 0.245. The van der Waals surface area contributed by atoms with Crippen LogP contribution in [0.15, 0.2) is 60.7 Å². The highest BCUT2D eigenvalue weighted by Crippen LogP contribution is 2.38. The summed E-state index contributed by atoms with van der Waals surface area (Å²) in [6.07, 6.45) is 0. The summed E-state index contributed by atoms with van der Waals surface area (Å²) in [6.45, 7) is 3.34. The lowest BCUT2D eigenvalue weighted by Gasteiger charge is -2.14. The summed E-state index contributed by atoms with van der Waals surface area (Å²) in [5.74, 6) is 2.53. The molecule has 8 nitrogen and oxygen atoms in total. The van der Waals surface area contributed by atoms with Crippen LogP contribution in [0.25, 0.3) is 11.0 Å². The van der Waals surface area contributed by atoms with Gasteiger partial charge in [0.05, 0.1) is 45.5 Å². The highest BCUT2D eigenvalue weighted by molar-refractivity contribution is 5.95. The van der Waals surface area contributed by atoms with Crippen LogP contribution in [0.5, 0.6) is 23.0 Å². The first-order chi connectivity index (χ1) is 17.0. The first-order valence-electron chi connectivity index (χ1n) is 11.3. The van der Waals surface area contributed by atoms with E-state index in [1.54, 1.807) is 12.1 Å². The Bertz CT molecular complexity index is 1290. The minimum atomic E-state index is -0.279. The second-order valence-corrected chi connectivity index (χ2v) is 7.93. The van der Waals surface area contributed by atoms with Gasteiger partial charge in [-0.3, -0.25) is 4.79 Å². The number of carbonyl (C=O) groups excluding carboxylic acids is 1. The number of aryl methyl sites for hydroxylation is 1. The summed E-state index contributed by atoms with van der Waals surface area (Å²) in [6, 6.07) is 19.1. The van der Waals surface area contributed by atoms with Crippen LogP contribution in [0.1, 0.15) is 21.7 Å². The summed E-state index contributed by atoms with van der Waals surface area (Å²) in [7, 11) is 4.55. The van der Waals surface area contributed by atoms with Gasteiger partial charge in [0.15, 0.2) is 11.5 Å². The van der Waals surface area contributed by atoms with Gasteiger partial charge in [0.1, 0.15) is 18.2 Å². The third-order valence-corrected chi connectivity index (χ3v) is 5.67. The van der Waals surface area contributed by atoms with Crippen LogP contribution in [0.3, 0.4) is 0 Å². The van der Waals surface area contributed by atoms with E-state index in [4.69, 9.17) is 23.9 Å². The molecule has 0 bridgehead atoms. The van der Waals surface area contributed by atoms with E-state index >= 15 is 0 Å². The summed E-state index contributed by atoms with van der Waals surface area (Å²) < 4.78 is 24.1. The molecule has 182 valence electrons. The van der Waals surface area contributed by atoms with Crippen molar-refractivity contribution in [2.75, 3.05) is 27.9 Å². The van der Waals surface area contributed by atoms with Gasteiger partial charge in [-0.25, -0.2) is 4.98 Å². The molecule has 0 aliphatic carbocycles. The average Bonchev–Trinajstić information content (AvgIpc) is 3.24. The zero-order valence-corrected chi connectivity index (χ0v) is 20.3. The van der Waals surface area contributed by atoms with E-state index in [1.807, 2.05) is 55.5 Å². The maximum atomic E-state index is 13.0. The van der Waals surface area contributed by atoms with Crippen LogP contribution in [0, 0.1) is 6.92 Å². The van der Waals surface area contributed by atoms with Crippen molar-refractivity contribution in [3.05, 3.63) is 77.6 Å². The minimum Gasteiger partial charge on any atom is -0.493 e. The molecule has 35 heavy (non-hydrogen) atoms. The lowest BCUT2D eigenvalue weighted by molar-refractivity contribution is 0.0948. The lowest BCUT2D eigenvalue weighted by Crippen LogP contribution is -2.25. The first kappa shape index (κ1) is 23.9. The number of rotatable bonds is 10. The Morgan fingerprint density at radius 3 is 2.29 bits per heavy atom. The molecule has 4 rings (SSSR count). The molecule has 4 aromatic rings. The fraction of sp³-hybridized carbons (Fsp3) is 0.259. The molecule has 0 saturated heterocycles.